The molecule has 0 radical (unpaired) electrons. The van der Waals surface area contributed by atoms with Gasteiger partial charge in [0.05, 0.1) is 18.5 Å². The van der Waals surface area contributed by atoms with Crippen molar-refractivity contribution in [2.24, 2.45) is 0 Å². The molecule has 0 fully saturated rings. The summed E-state index contributed by atoms with van der Waals surface area (Å²) in [6.07, 6.45) is 3.59. The summed E-state index contributed by atoms with van der Waals surface area (Å²) in [4.78, 5) is 8.84. The molecule has 26 heavy (non-hydrogen) atoms. The van der Waals surface area contributed by atoms with E-state index in [0.717, 1.165) is 16.8 Å². The van der Waals surface area contributed by atoms with Crippen molar-refractivity contribution in [2.45, 2.75) is 32.2 Å². The Labute approximate surface area is 153 Å². The first-order chi connectivity index (χ1) is 12.1. The van der Waals surface area contributed by atoms with Crippen LogP contribution in [-0.4, -0.2) is 42.0 Å². The Morgan fingerprint density at radius 3 is 2.62 bits per heavy atom. The molecule has 1 aliphatic rings. The lowest BCUT2D eigenvalue weighted by molar-refractivity contribution is 0.388. The lowest BCUT2D eigenvalue weighted by Crippen LogP contribution is -2.36. The third-order valence-electron chi connectivity index (χ3n) is 4.69. The van der Waals surface area contributed by atoms with Crippen molar-refractivity contribution < 1.29 is 12.8 Å². The van der Waals surface area contributed by atoms with Crippen molar-refractivity contribution in [3.05, 3.63) is 53.1 Å². The fraction of sp³-hybridized carbons (Fsp3) is 0.444. The van der Waals surface area contributed by atoms with E-state index in [2.05, 4.69) is 29.1 Å². The van der Waals surface area contributed by atoms with Gasteiger partial charge in [-0.1, -0.05) is 26.0 Å². The Kier molecular flexibility index (Phi) is 4.98. The van der Waals surface area contributed by atoms with Crippen LogP contribution in [0.5, 0.6) is 0 Å². The smallest absolute Gasteiger partial charge is 0.222 e. The zero-order valence-electron chi connectivity index (χ0n) is 15.2. The number of hydrogen-bond donors (Lipinski definition) is 1. The van der Waals surface area contributed by atoms with Crippen molar-refractivity contribution in [3.63, 3.8) is 0 Å². The summed E-state index contributed by atoms with van der Waals surface area (Å²) < 4.78 is 38.1. The molecule has 0 amide bonds. The molecule has 1 aromatic carbocycles. The number of nitrogens with zero attached hydrogens (tertiary/aromatic N) is 3. The first-order valence-corrected chi connectivity index (χ1v) is 10.3. The average molecular weight is 378 g/mol. The van der Waals surface area contributed by atoms with Gasteiger partial charge >= 0.3 is 0 Å². The highest BCUT2D eigenvalue weighted by atomic mass is 32.2. The lowest BCUT2D eigenvalue weighted by Gasteiger charge is -2.27. The number of halogens is 1. The molecule has 3 rings (SSSR count). The highest BCUT2D eigenvalue weighted by Crippen LogP contribution is 2.24. The summed E-state index contributed by atoms with van der Waals surface area (Å²) in [6.45, 7) is 5.40. The van der Waals surface area contributed by atoms with Crippen LogP contribution in [0.1, 0.15) is 30.7 Å². The molecule has 0 saturated heterocycles. The Morgan fingerprint density at radius 2 is 1.96 bits per heavy atom. The van der Waals surface area contributed by atoms with E-state index in [-0.39, 0.29) is 17.8 Å². The number of aromatic nitrogens is 2. The predicted molar refractivity (Wildman–Crippen MR) is 98.9 cm³/mol. The first kappa shape index (κ1) is 18.7. The molecule has 2 aromatic rings. The van der Waals surface area contributed by atoms with E-state index >= 15 is 0 Å². The van der Waals surface area contributed by atoms with Gasteiger partial charge in [0.1, 0.15) is 5.82 Å². The molecule has 140 valence electrons. The van der Waals surface area contributed by atoms with Crippen LogP contribution in [0.3, 0.4) is 0 Å². The zero-order chi connectivity index (χ0) is 18.9. The fourth-order valence-corrected chi connectivity index (χ4v) is 3.73. The molecule has 0 unspecified atom stereocenters. The highest BCUT2D eigenvalue weighted by molar-refractivity contribution is 7.88. The second-order valence-corrected chi connectivity index (χ2v) is 9.24. The van der Waals surface area contributed by atoms with Crippen LogP contribution in [0.25, 0.3) is 0 Å². The van der Waals surface area contributed by atoms with Crippen molar-refractivity contribution in [3.8, 4) is 0 Å². The topological polar surface area (TPSA) is 75.2 Å². The Morgan fingerprint density at radius 1 is 1.27 bits per heavy atom. The van der Waals surface area contributed by atoms with Gasteiger partial charge in [0, 0.05) is 24.7 Å². The minimum absolute atomic E-state index is 0.244. The molecule has 0 spiro atoms. The summed E-state index contributed by atoms with van der Waals surface area (Å²) in [7, 11) is -3.23. The Hall–Kier alpha value is -2.06. The van der Waals surface area contributed by atoms with Crippen molar-refractivity contribution in [1.29, 1.82) is 0 Å². The highest BCUT2D eigenvalue weighted by Gasteiger charge is 2.25. The third kappa shape index (κ3) is 4.19. The van der Waals surface area contributed by atoms with Crippen molar-refractivity contribution in [2.75, 3.05) is 24.7 Å². The van der Waals surface area contributed by atoms with Gasteiger partial charge in [0.15, 0.2) is 0 Å². The largest absolute Gasteiger partial charge is 0.353 e. The Balaban J connectivity index is 1.72. The number of benzene rings is 1. The maximum absolute atomic E-state index is 13.1. The number of rotatable bonds is 5. The molecule has 6 nitrogen and oxygen atoms in total. The van der Waals surface area contributed by atoms with Gasteiger partial charge in [-0.05, 0) is 29.7 Å². The standard InChI is InChI=1S/C18H23FN4O2S/c1-18(2,14-4-6-15(19)7-5-14)12-21-17-20-10-13-8-9-23(26(3,24)25)11-16(13)22-17/h4-7,10H,8-9,11-12H2,1-3H3,(H,20,21,22). The maximum atomic E-state index is 13.1. The molecular formula is C18H23FN4O2S. The minimum atomic E-state index is -3.23. The predicted octanol–water partition coefficient (Wildman–Crippen LogP) is 2.32. The van der Waals surface area contributed by atoms with Crippen LogP contribution in [0.2, 0.25) is 0 Å². The van der Waals surface area contributed by atoms with E-state index in [0.29, 0.717) is 25.5 Å². The summed E-state index contributed by atoms with van der Waals surface area (Å²) in [5, 5.41) is 3.22. The van der Waals surface area contributed by atoms with Crippen LogP contribution >= 0.6 is 0 Å². The van der Waals surface area contributed by atoms with Gasteiger partial charge in [-0.15, -0.1) is 0 Å². The fourth-order valence-electron chi connectivity index (χ4n) is 2.95. The van der Waals surface area contributed by atoms with Gasteiger partial charge in [0.2, 0.25) is 16.0 Å². The van der Waals surface area contributed by atoms with E-state index in [1.165, 1.54) is 22.7 Å². The second-order valence-electron chi connectivity index (χ2n) is 7.26. The van der Waals surface area contributed by atoms with Gasteiger partial charge in [-0.2, -0.15) is 4.31 Å². The normalized spacial score (nSPS) is 15.5. The summed E-state index contributed by atoms with van der Waals surface area (Å²) in [6, 6.07) is 6.45. The monoisotopic (exact) mass is 378 g/mol. The quantitative estimate of drug-likeness (QED) is 0.864. The Bertz CT molecular complexity index is 898. The van der Waals surface area contributed by atoms with E-state index in [9.17, 15) is 12.8 Å². The van der Waals surface area contributed by atoms with Crippen LogP contribution in [0.15, 0.2) is 30.5 Å². The molecule has 0 bridgehead atoms. The lowest BCUT2D eigenvalue weighted by atomic mass is 9.84. The molecule has 1 aromatic heterocycles. The van der Waals surface area contributed by atoms with Crippen LogP contribution < -0.4 is 5.32 Å². The van der Waals surface area contributed by atoms with E-state index < -0.39 is 10.0 Å². The molecule has 0 atom stereocenters. The number of nitrogens with one attached hydrogen (secondary N) is 1. The SMILES string of the molecule is CC(C)(CNc1ncc2c(n1)CN(S(C)(=O)=O)CC2)c1ccc(F)cc1. The second kappa shape index (κ2) is 6.92. The average Bonchev–Trinajstić information content (AvgIpc) is 2.59. The third-order valence-corrected chi connectivity index (χ3v) is 5.94. The number of hydrogen-bond acceptors (Lipinski definition) is 5. The van der Waals surface area contributed by atoms with Crippen LogP contribution in [-0.2, 0) is 28.4 Å². The van der Waals surface area contributed by atoms with E-state index in [4.69, 9.17) is 0 Å². The molecule has 8 heteroatoms. The number of sulfonamides is 1. The molecular weight excluding hydrogens is 355 g/mol. The van der Waals surface area contributed by atoms with Crippen molar-refractivity contribution >= 4 is 16.0 Å². The van der Waals surface area contributed by atoms with Crippen LogP contribution in [0, 0.1) is 5.82 Å². The van der Waals surface area contributed by atoms with Gasteiger partial charge in [-0.3, -0.25) is 0 Å². The van der Waals surface area contributed by atoms with E-state index in [1.807, 2.05) is 0 Å². The first-order valence-electron chi connectivity index (χ1n) is 8.45. The van der Waals surface area contributed by atoms with Crippen molar-refractivity contribution in [1.82, 2.24) is 14.3 Å². The number of anilines is 1. The zero-order valence-corrected chi connectivity index (χ0v) is 16.0. The molecule has 2 heterocycles. The van der Waals surface area contributed by atoms with Crippen LogP contribution in [0.4, 0.5) is 10.3 Å². The number of fused-ring (bicyclic) bond motifs is 1. The van der Waals surface area contributed by atoms with Gasteiger partial charge < -0.3 is 5.32 Å². The summed E-state index contributed by atoms with van der Waals surface area (Å²) in [5.41, 5.74) is 2.48. The van der Waals surface area contributed by atoms with E-state index in [1.54, 1.807) is 18.3 Å². The minimum Gasteiger partial charge on any atom is -0.353 e. The summed E-state index contributed by atoms with van der Waals surface area (Å²) in [5.74, 6) is 0.209. The van der Waals surface area contributed by atoms with Gasteiger partial charge in [0.25, 0.3) is 0 Å². The molecule has 1 N–H and O–H groups in total. The summed E-state index contributed by atoms with van der Waals surface area (Å²) >= 11 is 0. The van der Waals surface area contributed by atoms with Gasteiger partial charge in [-0.25, -0.2) is 22.8 Å². The molecule has 1 aliphatic heterocycles. The molecule has 0 saturated carbocycles. The molecule has 0 aliphatic carbocycles. The maximum Gasteiger partial charge on any atom is 0.222 e.